The molecule has 0 saturated heterocycles. The van der Waals surface area contributed by atoms with Crippen molar-refractivity contribution in [1.29, 1.82) is 5.41 Å². The molecule has 0 spiro atoms. The zero-order valence-electron chi connectivity index (χ0n) is 11.0. The van der Waals surface area contributed by atoms with E-state index in [1.807, 2.05) is 11.9 Å². The molecule has 18 heavy (non-hydrogen) atoms. The highest BCUT2D eigenvalue weighted by Gasteiger charge is 2.17. The van der Waals surface area contributed by atoms with Gasteiger partial charge in [-0.05, 0) is 37.5 Å². The van der Waals surface area contributed by atoms with Crippen LogP contribution >= 0.6 is 11.8 Å². The van der Waals surface area contributed by atoms with Crippen LogP contribution in [0.5, 0.6) is 0 Å². The molecular weight excluding hydrogens is 249 g/mol. The Morgan fingerprint density at radius 2 is 2.22 bits per heavy atom. The van der Waals surface area contributed by atoms with E-state index in [1.54, 1.807) is 23.9 Å². The van der Waals surface area contributed by atoms with Crippen LogP contribution < -0.4 is 10.6 Å². The number of anilines is 1. The molecule has 0 amide bonds. The quantitative estimate of drug-likeness (QED) is 0.616. The Hall–Kier alpha value is -1.23. The molecule has 0 saturated carbocycles. The van der Waals surface area contributed by atoms with Gasteiger partial charge in [0.25, 0.3) is 0 Å². The monoisotopic (exact) mass is 269 g/mol. The molecule has 0 heterocycles. The van der Waals surface area contributed by atoms with Crippen molar-refractivity contribution in [3.05, 3.63) is 29.6 Å². The number of nitrogens with zero attached hydrogens (tertiary/aromatic N) is 1. The van der Waals surface area contributed by atoms with Gasteiger partial charge in [0.2, 0.25) is 0 Å². The first-order valence-electron chi connectivity index (χ1n) is 5.83. The van der Waals surface area contributed by atoms with E-state index >= 15 is 0 Å². The van der Waals surface area contributed by atoms with Gasteiger partial charge >= 0.3 is 0 Å². The van der Waals surface area contributed by atoms with Gasteiger partial charge in [-0.15, -0.1) is 0 Å². The Kier molecular flexibility index (Phi) is 5.47. The summed E-state index contributed by atoms with van der Waals surface area (Å²) in [5, 5.41) is 7.50. The number of halogens is 1. The summed E-state index contributed by atoms with van der Waals surface area (Å²) in [5.41, 5.74) is 6.33. The summed E-state index contributed by atoms with van der Waals surface area (Å²) in [6, 6.07) is 5.06. The first-order valence-corrected chi connectivity index (χ1v) is 7.23. The average Bonchev–Trinajstić information content (AvgIpc) is 2.34. The zero-order chi connectivity index (χ0) is 13.7. The van der Waals surface area contributed by atoms with E-state index in [9.17, 15) is 4.39 Å². The number of nitrogens with two attached hydrogens (primary N) is 1. The first-order chi connectivity index (χ1) is 8.49. The molecule has 0 aliphatic carbocycles. The van der Waals surface area contributed by atoms with Crippen LogP contribution in [0, 0.1) is 11.2 Å². The van der Waals surface area contributed by atoms with Crippen LogP contribution in [0.1, 0.15) is 18.9 Å². The molecule has 0 aliphatic heterocycles. The summed E-state index contributed by atoms with van der Waals surface area (Å²) in [7, 11) is 1.91. The number of benzene rings is 1. The van der Waals surface area contributed by atoms with Crippen molar-refractivity contribution >= 4 is 23.3 Å². The molecule has 0 aliphatic rings. The smallest absolute Gasteiger partial charge is 0.136 e. The average molecular weight is 269 g/mol. The van der Waals surface area contributed by atoms with Crippen molar-refractivity contribution in [2.75, 3.05) is 24.0 Å². The summed E-state index contributed by atoms with van der Waals surface area (Å²) >= 11 is 1.79. The minimum absolute atomic E-state index is 0.191. The molecule has 0 aromatic heterocycles. The number of thioether (sulfide) groups is 1. The molecule has 5 heteroatoms. The topological polar surface area (TPSA) is 53.1 Å². The van der Waals surface area contributed by atoms with Gasteiger partial charge in [0.15, 0.2) is 0 Å². The highest BCUT2D eigenvalue weighted by atomic mass is 32.2. The molecule has 3 nitrogen and oxygen atoms in total. The number of rotatable bonds is 6. The number of hydrogen-bond acceptors (Lipinski definition) is 3. The van der Waals surface area contributed by atoms with E-state index < -0.39 is 5.82 Å². The van der Waals surface area contributed by atoms with Crippen LogP contribution in [0.2, 0.25) is 0 Å². The third-order valence-electron chi connectivity index (χ3n) is 3.04. The summed E-state index contributed by atoms with van der Waals surface area (Å²) in [6.07, 6.45) is 3.07. The molecule has 1 unspecified atom stereocenters. The van der Waals surface area contributed by atoms with Gasteiger partial charge in [0.1, 0.15) is 11.7 Å². The van der Waals surface area contributed by atoms with Crippen LogP contribution in [0.25, 0.3) is 0 Å². The van der Waals surface area contributed by atoms with Crippen molar-refractivity contribution in [3.8, 4) is 0 Å². The van der Waals surface area contributed by atoms with E-state index in [2.05, 4.69) is 13.2 Å². The van der Waals surface area contributed by atoms with Crippen molar-refractivity contribution in [2.45, 2.75) is 19.4 Å². The molecule has 1 aromatic rings. The fourth-order valence-electron chi connectivity index (χ4n) is 1.79. The lowest BCUT2D eigenvalue weighted by molar-refractivity contribution is 0.619. The van der Waals surface area contributed by atoms with Crippen LogP contribution in [0.15, 0.2) is 18.2 Å². The third kappa shape index (κ3) is 3.38. The molecule has 1 atom stereocenters. The van der Waals surface area contributed by atoms with E-state index in [-0.39, 0.29) is 17.4 Å². The SMILES string of the molecule is CSCCC(C)N(C)c1cccc(F)c1C(=N)N. The van der Waals surface area contributed by atoms with Crippen LogP contribution in [0.3, 0.4) is 0 Å². The van der Waals surface area contributed by atoms with E-state index in [0.717, 1.165) is 12.2 Å². The van der Waals surface area contributed by atoms with E-state index in [0.29, 0.717) is 5.69 Å². The summed E-state index contributed by atoms with van der Waals surface area (Å²) in [5.74, 6) is 0.381. The van der Waals surface area contributed by atoms with Crippen molar-refractivity contribution in [2.24, 2.45) is 5.73 Å². The normalized spacial score (nSPS) is 12.2. The summed E-state index contributed by atoms with van der Waals surface area (Å²) in [6.45, 7) is 2.09. The van der Waals surface area contributed by atoms with Crippen LogP contribution in [-0.4, -0.2) is 30.9 Å². The van der Waals surface area contributed by atoms with Gasteiger partial charge in [-0.2, -0.15) is 11.8 Å². The van der Waals surface area contributed by atoms with Crippen LogP contribution in [0.4, 0.5) is 10.1 Å². The van der Waals surface area contributed by atoms with Crippen molar-refractivity contribution in [1.82, 2.24) is 0 Å². The minimum Gasteiger partial charge on any atom is -0.384 e. The van der Waals surface area contributed by atoms with Gasteiger partial charge in [-0.25, -0.2) is 4.39 Å². The zero-order valence-corrected chi connectivity index (χ0v) is 11.9. The van der Waals surface area contributed by atoms with E-state index in [4.69, 9.17) is 11.1 Å². The van der Waals surface area contributed by atoms with Gasteiger partial charge < -0.3 is 10.6 Å². The lowest BCUT2D eigenvalue weighted by atomic mass is 10.1. The Morgan fingerprint density at radius 1 is 1.56 bits per heavy atom. The highest BCUT2D eigenvalue weighted by molar-refractivity contribution is 7.98. The highest BCUT2D eigenvalue weighted by Crippen LogP contribution is 2.24. The first kappa shape index (κ1) is 14.8. The summed E-state index contributed by atoms with van der Waals surface area (Å²) in [4.78, 5) is 1.98. The fraction of sp³-hybridized carbons (Fsp3) is 0.462. The predicted molar refractivity (Wildman–Crippen MR) is 78.3 cm³/mol. The number of nitrogens with one attached hydrogen (secondary N) is 1. The van der Waals surface area contributed by atoms with Crippen LogP contribution in [-0.2, 0) is 0 Å². The second-order valence-corrected chi connectivity index (χ2v) is 5.27. The number of nitrogen functional groups attached to an aromatic ring is 1. The molecule has 3 N–H and O–H groups in total. The molecular formula is C13H20FN3S. The molecule has 1 rings (SSSR count). The standard InChI is InChI=1S/C13H20FN3S/c1-9(7-8-18-3)17(2)11-6-4-5-10(14)12(11)13(15)16/h4-6,9H,7-8H2,1-3H3,(H3,15,16). The molecule has 1 aromatic carbocycles. The number of hydrogen-bond donors (Lipinski definition) is 2. The molecule has 100 valence electrons. The maximum atomic E-state index is 13.7. The lowest BCUT2D eigenvalue weighted by Crippen LogP contribution is -2.32. The van der Waals surface area contributed by atoms with Gasteiger partial charge in [-0.3, -0.25) is 5.41 Å². The van der Waals surface area contributed by atoms with Crippen molar-refractivity contribution < 1.29 is 4.39 Å². The fourth-order valence-corrected chi connectivity index (χ4v) is 2.37. The Labute approximate surface area is 112 Å². The predicted octanol–water partition coefficient (Wildman–Crippen LogP) is 2.69. The molecule has 0 bridgehead atoms. The Morgan fingerprint density at radius 3 is 2.78 bits per heavy atom. The van der Waals surface area contributed by atoms with Crippen molar-refractivity contribution in [3.63, 3.8) is 0 Å². The van der Waals surface area contributed by atoms with E-state index in [1.165, 1.54) is 6.07 Å². The number of amidine groups is 1. The second-order valence-electron chi connectivity index (χ2n) is 4.29. The molecule has 0 fully saturated rings. The van der Waals surface area contributed by atoms with Gasteiger partial charge in [0.05, 0.1) is 11.3 Å². The minimum atomic E-state index is -0.441. The lowest BCUT2D eigenvalue weighted by Gasteiger charge is -2.28. The van der Waals surface area contributed by atoms with Gasteiger partial charge in [-0.1, -0.05) is 6.07 Å². The maximum Gasteiger partial charge on any atom is 0.136 e. The third-order valence-corrected chi connectivity index (χ3v) is 3.69. The summed E-state index contributed by atoms with van der Waals surface area (Å²) < 4.78 is 13.7. The largest absolute Gasteiger partial charge is 0.384 e. The van der Waals surface area contributed by atoms with Gasteiger partial charge in [0, 0.05) is 13.1 Å². The maximum absolute atomic E-state index is 13.7. The molecule has 0 radical (unpaired) electrons. The Balaban J connectivity index is 3.01. The second kappa shape index (κ2) is 6.64. The Bertz CT molecular complexity index is 423.